The Labute approximate surface area is 117 Å². The van der Waals surface area contributed by atoms with E-state index in [1.165, 1.54) is 0 Å². The number of carbonyl (C=O) groups excluding carboxylic acids is 1. The molecule has 2 aromatic rings. The van der Waals surface area contributed by atoms with E-state index in [1.807, 2.05) is 19.0 Å². The van der Waals surface area contributed by atoms with Gasteiger partial charge in [-0.2, -0.15) is 0 Å². The zero-order valence-corrected chi connectivity index (χ0v) is 11.5. The summed E-state index contributed by atoms with van der Waals surface area (Å²) in [6, 6.07) is 10.6. The fourth-order valence-corrected chi connectivity index (χ4v) is 1.74. The van der Waals surface area contributed by atoms with Gasteiger partial charge in [-0.3, -0.25) is 4.79 Å². The number of hydrogen-bond acceptors (Lipinski definition) is 4. The van der Waals surface area contributed by atoms with Crippen LogP contribution in [0.2, 0.25) is 0 Å². The third-order valence-corrected chi connectivity index (χ3v) is 2.84. The molecule has 2 rings (SSSR count). The summed E-state index contributed by atoms with van der Waals surface area (Å²) in [5.74, 6) is 0.571. The molecule has 20 heavy (non-hydrogen) atoms. The summed E-state index contributed by atoms with van der Waals surface area (Å²) in [5, 5.41) is 11.8. The quantitative estimate of drug-likeness (QED) is 0.891. The van der Waals surface area contributed by atoms with Gasteiger partial charge < -0.3 is 15.3 Å². The first-order chi connectivity index (χ1) is 9.60. The molecular formula is C15H17N3O2. The van der Waals surface area contributed by atoms with Crippen molar-refractivity contribution in [1.29, 1.82) is 0 Å². The zero-order valence-electron chi connectivity index (χ0n) is 11.5. The number of rotatable bonds is 4. The molecule has 5 nitrogen and oxygen atoms in total. The lowest BCUT2D eigenvalue weighted by atomic mass is 10.2. The summed E-state index contributed by atoms with van der Waals surface area (Å²) >= 11 is 0. The van der Waals surface area contributed by atoms with Crippen LogP contribution in [-0.2, 0) is 6.61 Å². The van der Waals surface area contributed by atoms with Crippen LogP contribution in [0.3, 0.4) is 0 Å². The lowest BCUT2D eigenvalue weighted by Gasteiger charge is -2.11. The van der Waals surface area contributed by atoms with Crippen molar-refractivity contribution in [2.24, 2.45) is 0 Å². The molecule has 0 aliphatic heterocycles. The van der Waals surface area contributed by atoms with Crippen molar-refractivity contribution >= 4 is 17.4 Å². The second-order valence-corrected chi connectivity index (χ2v) is 4.61. The van der Waals surface area contributed by atoms with E-state index in [0.29, 0.717) is 11.3 Å². The maximum atomic E-state index is 12.1. The third-order valence-electron chi connectivity index (χ3n) is 2.84. The molecule has 1 heterocycles. The minimum Gasteiger partial charge on any atom is -0.392 e. The summed E-state index contributed by atoms with van der Waals surface area (Å²) in [5.41, 5.74) is 1.90. The minimum atomic E-state index is -0.224. The number of anilines is 2. The van der Waals surface area contributed by atoms with E-state index in [9.17, 15) is 4.79 Å². The fourth-order valence-electron chi connectivity index (χ4n) is 1.74. The maximum absolute atomic E-state index is 12.1. The largest absolute Gasteiger partial charge is 0.392 e. The van der Waals surface area contributed by atoms with E-state index < -0.39 is 0 Å². The van der Waals surface area contributed by atoms with Gasteiger partial charge in [-0.1, -0.05) is 12.1 Å². The topological polar surface area (TPSA) is 65.5 Å². The van der Waals surface area contributed by atoms with Crippen LogP contribution in [0.4, 0.5) is 11.5 Å². The second-order valence-electron chi connectivity index (χ2n) is 4.61. The average molecular weight is 271 g/mol. The molecule has 0 spiro atoms. The van der Waals surface area contributed by atoms with Crippen molar-refractivity contribution in [3.8, 4) is 0 Å². The van der Waals surface area contributed by atoms with Crippen molar-refractivity contribution < 1.29 is 9.90 Å². The standard InChI is InChI=1S/C15H17N3O2/c1-18(2)14-7-6-12(9-16-14)15(20)17-13-5-3-4-11(8-13)10-19/h3-9,19H,10H2,1-2H3,(H,17,20). The third kappa shape index (κ3) is 3.33. The van der Waals surface area contributed by atoms with Gasteiger partial charge in [0.25, 0.3) is 5.91 Å². The van der Waals surface area contributed by atoms with Crippen molar-refractivity contribution in [2.75, 3.05) is 24.3 Å². The molecule has 1 aromatic carbocycles. The highest BCUT2D eigenvalue weighted by atomic mass is 16.3. The summed E-state index contributed by atoms with van der Waals surface area (Å²) in [6.07, 6.45) is 1.54. The Bertz CT molecular complexity index is 594. The molecule has 0 unspecified atom stereocenters. The van der Waals surface area contributed by atoms with Gasteiger partial charge in [-0.25, -0.2) is 4.98 Å². The number of pyridine rings is 1. The number of nitrogens with zero attached hydrogens (tertiary/aromatic N) is 2. The molecular weight excluding hydrogens is 254 g/mol. The van der Waals surface area contributed by atoms with Gasteiger partial charge in [0.1, 0.15) is 5.82 Å². The molecule has 5 heteroatoms. The predicted molar refractivity (Wildman–Crippen MR) is 78.9 cm³/mol. The molecule has 0 aliphatic rings. The van der Waals surface area contributed by atoms with Crippen molar-refractivity contribution in [3.05, 3.63) is 53.7 Å². The van der Waals surface area contributed by atoms with Crippen molar-refractivity contribution in [3.63, 3.8) is 0 Å². The summed E-state index contributed by atoms with van der Waals surface area (Å²) < 4.78 is 0. The highest BCUT2D eigenvalue weighted by molar-refractivity contribution is 6.04. The Morgan fingerprint density at radius 3 is 2.70 bits per heavy atom. The van der Waals surface area contributed by atoms with E-state index >= 15 is 0 Å². The number of nitrogens with one attached hydrogen (secondary N) is 1. The Balaban J connectivity index is 2.11. The lowest BCUT2D eigenvalue weighted by molar-refractivity contribution is 0.102. The lowest BCUT2D eigenvalue weighted by Crippen LogP contribution is -2.14. The van der Waals surface area contributed by atoms with E-state index in [2.05, 4.69) is 10.3 Å². The highest BCUT2D eigenvalue weighted by Crippen LogP contribution is 2.13. The van der Waals surface area contributed by atoms with E-state index in [-0.39, 0.29) is 12.5 Å². The van der Waals surface area contributed by atoms with E-state index in [4.69, 9.17) is 5.11 Å². The van der Waals surface area contributed by atoms with Gasteiger partial charge in [0.05, 0.1) is 12.2 Å². The van der Waals surface area contributed by atoms with Gasteiger partial charge in [-0.15, -0.1) is 0 Å². The Morgan fingerprint density at radius 1 is 1.30 bits per heavy atom. The molecule has 104 valence electrons. The molecule has 1 aromatic heterocycles. The number of hydrogen-bond donors (Lipinski definition) is 2. The molecule has 0 bridgehead atoms. The SMILES string of the molecule is CN(C)c1ccc(C(=O)Nc2cccc(CO)c2)cn1. The first kappa shape index (κ1) is 14.0. The van der Waals surface area contributed by atoms with Crippen molar-refractivity contribution in [1.82, 2.24) is 4.98 Å². The second kappa shape index (κ2) is 6.16. The molecule has 0 atom stereocenters. The maximum Gasteiger partial charge on any atom is 0.257 e. The van der Waals surface area contributed by atoms with Gasteiger partial charge >= 0.3 is 0 Å². The molecule has 0 fully saturated rings. The summed E-state index contributed by atoms with van der Waals surface area (Å²) in [6.45, 7) is -0.0528. The van der Waals surface area contributed by atoms with Crippen LogP contribution in [0.1, 0.15) is 15.9 Å². The monoisotopic (exact) mass is 271 g/mol. The van der Waals surface area contributed by atoms with Crippen LogP contribution in [0, 0.1) is 0 Å². The highest BCUT2D eigenvalue weighted by Gasteiger charge is 2.07. The number of aliphatic hydroxyl groups is 1. The number of aliphatic hydroxyl groups excluding tert-OH is 1. The predicted octanol–water partition coefficient (Wildman–Crippen LogP) is 1.89. The zero-order chi connectivity index (χ0) is 14.5. The first-order valence-corrected chi connectivity index (χ1v) is 6.24. The smallest absolute Gasteiger partial charge is 0.257 e. The summed E-state index contributed by atoms with van der Waals surface area (Å²) in [4.78, 5) is 18.1. The molecule has 1 amide bonds. The molecule has 0 saturated heterocycles. The number of amides is 1. The van der Waals surface area contributed by atoms with Gasteiger partial charge in [-0.05, 0) is 29.8 Å². The Morgan fingerprint density at radius 2 is 2.10 bits per heavy atom. The average Bonchev–Trinajstić information content (AvgIpc) is 2.47. The van der Waals surface area contributed by atoms with Gasteiger partial charge in [0, 0.05) is 26.0 Å². The molecule has 0 aliphatic carbocycles. The Kier molecular flexibility index (Phi) is 4.32. The molecule has 2 N–H and O–H groups in total. The van der Waals surface area contributed by atoms with Crippen LogP contribution in [-0.4, -0.2) is 30.1 Å². The normalized spacial score (nSPS) is 10.2. The number of benzene rings is 1. The van der Waals surface area contributed by atoms with Crippen LogP contribution < -0.4 is 10.2 Å². The number of carbonyl (C=O) groups is 1. The van der Waals surface area contributed by atoms with Gasteiger partial charge in [0.2, 0.25) is 0 Å². The van der Waals surface area contributed by atoms with Crippen LogP contribution >= 0.6 is 0 Å². The Hall–Kier alpha value is -2.40. The van der Waals surface area contributed by atoms with Crippen LogP contribution in [0.5, 0.6) is 0 Å². The van der Waals surface area contributed by atoms with Crippen LogP contribution in [0.15, 0.2) is 42.6 Å². The molecule has 0 radical (unpaired) electrons. The van der Waals surface area contributed by atoms with E-state index in [1.54, 1.807) is 42.6 Å². The summed E-state index contributed by atoms with van der Waals surface area (Å²) in [7, 11) is 3.78. The van der Waals surface area contributed by atoms with Crippen molar-refractivity contribution in [2.45, 2.75) is 6.61 Å². The minimum absolute atomic E-state index is 0.0528. The fraction of sp³-hybridized carbons (Fsp3) is 0.200. The number of aromatic nitrogens is 1. The van der Waals surface area contributed by atoms with Crippen LogP contribution in [0.25, 0.3) is 0 Å². The van der Waals surface area contributed by atoms with E-state index in [0.717, 1.165) is 11.4 Å². The molecule has 0 saturated carbocycles. The van der Waals surface area contributed by atoms with Gasteiger partial charge in [0.15, 0.2) is 0 Å². The first-order valence-electron chi connectivity index (χ1n) is 6.24.